The summed E-state index contributed by atoms with van der Waals surface area (Å²) < 4.78 is 92.9. The summed E-state index contributed by atoms with van der Waals surface area (Å²) in [6.45, 7) is 4.00. The number of imidazole rings is 1. The molecule has 0 fully saturated rings. The molecule has 0 aliphatic rings. The molecule has 15 heteroatoms. The predicted octanol–water partition coefficient (Wildman–Crippen LogP) is 6.10. The minimum absolute atomic E-state index is 0.195. The first-order valence-corrected chi connectivity index (χ1v) is 14.9. The van der Waals surface area contributed by atoms with Crippen molar-refractivity contribution in [2.45, 2.75) is 51.6 Å². The van der Waals surface area contributed by atoms with Gasteiger partial charge in [0.05, 0.1) is 33.5 Å². The summed E-state index contributed by atoms with van der Waals surface area (Å²) in [5.74, 6) is -4.08. The number of esters is 1. The van der Waals surface area contributed by atoms with E-state index in [1.807, 2.05) is 24.4 Å². The Bertz CT molecular complexity index is 1730. The SMILES string of the molecule is CCOCc1cc(OC)c(-c2ccc(C[C@H](NC(=O)c3c(F)cc(N[C@@H](CC)C(F)(F)F)cc3F)C(=O)OC)n3ccnc23)c(OC)c1. The molecule has 2 aromatic carbocycles. The zero-order valence-electron chi connectivity index (χ0n) is 26.8. The van der Waals surface area contributed by atoms with Gasteiger partial charge in [-0.15, -0.1) is 0 Å². The Kier molecular flexibility index (Phi) is 11.5. The number of methoxy groups -OCH3 is 3. The van der Waals surface area contributed by atoms with E-state index in [2.05, 4.69) is 10.3 Å². The molecule has 0 unspecified atom stereocenters. The highest BCUT2D eigenvalue weighted by Crippen LogP contribution is 2.41. The highest BCUT2D eigenvalue weighted by Gasteiger charge is 2.38. The Morgan fingerprint density at radius 3 is 2.17 bits per heavy atom. The number of ether oxygens (including phenoxy) is 4. The lowest BCUT2D eigenvalue weighted by Crippen LogP contribution is -2.44. The quantitative estimate of drug-likeness (QED) is 0.122. The summed E-state index contributed by atoms with van der Waals surface area (Å²) in [5, 5.41) is 4.33. The molecule has 2 N–H and O–H groups in total. The van der Waals surface area contributed by atoms with Crippen molar-refractivity contribution in [2.24, 2.45) is 0 Å². The van der Waals surface area contributed by atoms with Gasteiger partial charge in [-0.1, -0.05) is 6.92 Å². The molecular weight excluding hydrogens is 643 g/mol. The van der Waals surface area contributed by atoms with Crippen LogP contribution in [0, 0.1) is 11.6 Å². The zero-order valence-corrected chi connectivity index (χ0v) is 26.8. The van der Waals surface area contributed by atoms with E-state index >= 15 is 0 Å². The number of nitrogens with zero attached hydrogens (tertiary/aromatic N) is 2. The maximum absolute atomic E-state index is 15.0. The van der Waals surface area contributed by atoms with E-state index < -0.39 is 59.4 Å². The van der Waals surface area contributed by atoms with E-state index in [0.717, 1.165) is 12.7 Å². The number of nitrogens with one attached hydrogen (secondary N) is 2. The standard InChI is InChI=1S/C33H35F5N4O6/c1-6-27(33(36,37)38)40-19-14-22(34)29(23(35)15-19)31(43)41-24(32(44)47-5)16-20-8-9-21(30-39-10-11-42(20)30)28-25(45-3)12-18(17-48-7-2)13-26(28)46-4/h8-15,24,27,40H,6-7,16-17H2,1-5H3,(H,41,43)/t24-,27-/m0/s1. The van der Waals surface area contributed by atoms with Crippen LogP contribution in [0.2, 0.25) is 0 Å². The van der Waals surface area contributed by atoms with Gasteiger partial charge in [-0.2, -0.15) is 13.2 Å². The van der Waals surface area contributed by atoms with Crippen LogP contribution in [0.4, 0.5) is 27.6 Å². The average molecular weight is 679 g/mol. The number of alkyl halides is 3. The molecule has 0 spiro atoms. The van der Waals surface area contributed by atoms with E-state index in [1.54, 1.807) is 22.7 Å². The van der Waals surface area contributed by atoms with Crippen LogP contribution in [0.3, 0.4) is 0 Å². The zero-order chi connectivity index (χ0) is 35.2. The molecule has 1 amide bonds. The molecule has 4 aromatic rings. The fraction of sp³-hybridized carbons (Fsp3) is 0.364. The van der Waals surface area contributed by atoms with Crippen LogP contribution in [0.1, 0.15) is 41.9 Å². The van der Waals surface area contributed by atoms with Crippen molar-refractivity contribution in [1.29, 1.82) is 0 Å². The van der Waals surface area contributed by atoms with E-state index in [9.17, 15) is 31.5 Å². The Balaban J connectivity index is 1.65. The van der Waals surface area contributed by atoms with Crippen molar-refractivity contribution in [1.82, 2.24) is 14.7 Å². The summed E-state index contributed by atoms with van der Waals surface area (Å²) in [6, 6.07) is 4.72. The molecule has 0 bridgehead atoms. The second kappa shape index (κ2) is 15.3. The van der Waals surface area contributed by atoms with Gasteiger partial charge in [-0.05, 0) is 55.3 Å². The number of carbonyl (C=O) groups excluding carboxylic acids is 2. The minimum Gasteiger partial charge on any atom is -0.496 e. The van der Waals surface area contributed by atoms with E-state index in [4.69, 9.17) is 18.9 Å². The van der Waals surface area contributed by atoms with Crippen molar-refractivity contribution in [3.05, 3.63) is 77.2 Å². The van der Waals surface area contributed by atoms with Crippen LogP contribution in [0.15, 0.2) is 48.8 Å². The number of carbonyl (C=O) groups is 2. The molecule has 48 heavy (non-hydrogen) atoms. The number of aromatic nitrogens is 2. The molecule has 4 rings (SSSR count). The third kappa shape index (κ3) is 7.78. The number of benzene rings is 2. The van der Waals surface area contributed by atoms with Crippen LogP contribution in [0.25, 0.3) is 16.8 Å². The van der Waals surface area contributed by atoms with Gasteiger partial charge in [0, 0.05) is 42.4 Å². The van der Waals surface area contributed by atoms with Crippen LogP contribution in [-0.4, -0.2) is 67.5 Å². The summed E-state index contributed by atoms with van der Waals surface area (Å²) >= 11 is 0. The Morgan fingerprint density at radius 1 is 0.979 bits per heavy atom. The fourth-order valence-electron chi connectivity index (χ4n) is 5.23. The molecule has 0 radical (unpaired) electrons. The normalized spacial score (nSPS) is 12.8. The van der Waals surface area contributed by atoms with Gasteiger partial charge in [-0.3, -0.25) is 4.79 Å². The summed E-state index contributed by atoms with van der Waals surface area (Å²) in [5.41, 5.74) is 1.37. The van der Waals surface area contributed by atoms with Gasteiger partial charge >= 0.3 is 12.1 Å². The third-order valence-corrected chi connectivity index (χ3v) is 7.56. The second-order valence-electron chi connectivity index (χ2n) is 10.6. The average Bonchev–Trinajstić information content (AvgIpc) is 3.55. The van der Waals surface area contributed by atoms with Gasteiger partial charge in [0.15, 0.2) is 0 Å². The Morgan fingerprint density at radius 2 is 1.62 bits per heavy atom. The van der Waals surface area contributed by atoms with Gasteiger partial charge in [0.25, 0.3) is 5.91 Å². The molecule has 2 atom stereocenters. The third-order valence-electron chi connectivity index (χ3n) is 7.56. The van der Waals surface area contributed by atoms with Crippen molar-refractivity contribution >= 4 is 23.2 Å². The van der Waals surface area contributed by atoms with Crippen LogP contribution < -0.4 is 20.1 Å². The maximum Gasteiger partial charge on any atom is 0.408 e. The van der Waals surface area contributed by atoms with Crippen molar-refractivity contribution < 1.29 is 50.5 Å². The lowest BCUT2D eigenvalue weighted by molar-refractivity contribution is -0.143. The van der Waals surface area contributed by atoms with Gasteiger partial charge in [0.1, 0.15) is 46.4 Å². The van der Waals surface area contributed by atoms with Gasteiger partial charge < -0.3 is 34.0 Å². The number of halogens is 5. The van der Waals surface area contributed by atoms with Gasteiger partial charge in [-0.25, -0.2) is 18.6 Å². The molecule has 0 aliphatic heterocycles. The number of pyridine rings is 1. The number of amides is 1. The predicted molar refractivity (Wildman–Crippen MR) is 166 cm³/mol. The lowest BCUT2D eigenvalue weighted by atomic mass is 10.0. The number of anilines is 1. The highest BCUT2D eigenvalue weighted by molar-refractivity contribution is 5.97. The summed E-state index contributed by atoms with van der Waals surface area (Å²) in [7, 11) is 4.12. The molecule has 2 aromatic heterocycles. The second-order valence-corrected chi connectivity index (χ2v) is 10.6. The molecule has 258 valence electrons. The van der Waals surface area contributed by atoms with E-state index in [0.29, 0.717) is 59.3 Å². The molecule has 2 heterocycles. The lowest BCUT2D eigenvalue weighted by Gasteiger charge is -2.22. The van der Waals surface area contributed by atoms with E-state index in [1.165, 1.54) is 27.3 Å². The topological polar surface area (TPSA) is 112 Å². The van der Waals surface area contributed by atoms with E-state index in [-0.39, 0.29) is 6.42 Å². The van der Waals surface area contributed by atoms with Crippen LogP contribution >= 0.6 is 0 Å². The van der Waals surface area contributed by atoms with Crippen molar-refractivity contribution in [3.8, 4) is 22.6 Å². The number of hydrogen-bond acceptors (Lipinski definition) is 8. The van der Waals surface area contributed by atoms with Crippen LogP contribution in [-0.2, 0) is 27.3 Å². The molecule has 10 nitrogen and oxygen atoms in total. The van der Waals surface area contributed by atoms with Crippen molar-refractivity contribution in [2.75, 3.05) is 33.3 Å². The van der Waals surface area contributed by atoms with Gasteiger partial charge in [0.2, 0.25) is 0 Å². The Hall–Kier alpha value is -4.92. The molecule has 0 saturated heterocycles. The first-order chi connectivity index (χ1) is 22.9. The Labute approximate surface area is 273 Å². The summed E-state index contributed by atoms with van der Waals surface area (Å²) in [4.78, 5) is 30.4. The first kappa shape index (κ1) is 35.9. The van der Waals surface area contributed by atoms with Crippen LogP contribution in [0.5, 0.6) is 11.5 Å². The van der Waals surface area contributed by atoms with Crippen molar-refractivity contribution in [3.63, 3.8) is 0 Å². The smallest absolute Gasteiger partial charge is 0.408 e. The minimum atomic E-state index is -4.67. The highest BCUT2D eigenvalue weighted by atomic mass is 19.4. The number of rotatable bonds is 14. The first-order valence-electron chi connectivity index (χ1n) is 14.9. The number of hydrogen-bond donors (Lipinski definition) is 2. The monoisotopic (exact) mass is 678 g/mol. The number of fused-ring (bicyclic) bond motifs is 1. The maximum atomic E-state index is 15.0. The largest absolute Gasteiger partial charge is 0.496 e. The molecule has 0 saturated carbocycles. The molecular formula is C33H35F5N4O6. The molecule has 0 aliphatic carbocycles. The fourth-order valence-corrected chi connectivity index (χ4v) is 5.23. The summed E-state index contributed by atoms with van der Waals surface area (Å²) in [6.07, 6.45) is -2.11.